The molecule has 2 aromatic rings. The number of hydrogen-bond acceptors (Lipinski definition) is 6. The average molecular weight is 369 g/mol. The Balaban J connectivity index is 1.62. The van der Waals surface area contributed by atoms with Gasteiger partial charge in [-0.05, 0) is 25.0 Å². The van der Waals surface area contributed by atoms with Crippen LogP contribution in [0.25, 0.3) is 0 Å². The van der Waals surface area contributed by atoms with Gasteiger partial charge in [-0.25, -0.2) is 0 Å². The van der Waals surface area contributed by atoms with Gasteiger partial charge in [-0.3, -0.25) is 4.79 Å². The fourth-order valence-corrected chi connectivity index (χ4v) is 4.09. The van der Waals surface area contributed by atoms with E-state index in [1.54, 1.807) is 23.1 Å². The summed E-state index contributed by atoms with van der Waals surface area (Å²) in [6.07, 6.45) is 1.77. The van der Waals surface area contributed by atoms with Gasteiger partial charge in [0.25, 0.3) is 5.91 Å². The normalized spacial score (nSPS) is 25.9. The summed E-state index contributed by atoms with van der Waals surface area (Å²) in [6.45, 7) is 1.08. The predicted octanol–water partition coefficient (Wildman–Crippen LogP) is 1.88. The topological polar surface area (TPSA) is 88.5 Å². The van der Waals surface area contributed by atoms with Crippen LogP contribution in [-0.4, -0.2) is 42.2 Å². The Morgan fingerprint density at radius 1 is 1.15 bits per heavy atom. The molecule has 7 heteroatoms. The minimum atomic E-state index is -2.00. The van der Waals surface area contributed by atoms with E-state index >= 15 is 0 Å². The Hall–Kier alpha value is -2.77. The first-order valence-corrected chi connectivity index (χ1v) is 8.97. The molecule has 0 spiro atoms. The van der Waals surface area contributed by atoms with Crippen LogP contribution in [-0.2, 0) is 15.1 Å². The molecule has 27 heavy (non-hydrogen) atoms. The van der Waals surface area contributed by atoms with Crippen LogP contribution < -0.4 is 14.4 Å². The van der Waals surface area contributed by atoms with Crippen molar-refractivity contribution in [2.45, 2.75) is 24.5 Å². The summed E-state index contributed by atoms with van der Waals surface area (Å²) >= 11 is 0. The van der Waals surface area contributed by atoms with E-state index in [1.807, 2.05) is 6.07 Å². The van der Waals surface area contributed by atoms with E-state index in [4.69, 9.17) is 14.2 Å². The minimum Gasteiger partial charge on any atom is -0.507 e. The molecule has 3 aliphatic heterocycles. The molecular weight excluding hydrogens is 350 g/mol. The molecule has 2 N–H and O–H groups in total. The number of phenols is 1. The molecule has 140 valence electrons. The zero-order chi connectivity index (χ0) is 18.6. The standard InChI is InChI=1S/C20H19NO6/c22-16-9-18-17(26-11-27-18)8-14(16)20(24)13-5-1-2-6-15(13)21(19(20)23)10-12-4-3-7-25-12/h1-2,5-6,8-9,12,22,24H,3-4,7,10-11H2. The summed E-state index contributed by atoms with van der Waals surface area (Å²) in [5.74, 6) is 0.0473. The third-order valence-electron chi connectivity index (χ3n) is 5.43. The summed E-state index contributed by atoms with van der Waals surface area (Å²) < 4.78 is 16.3. The summed E-state index contributed by atoms with van der Waals surface area (Å²) in [7, 11) is 0. The lowest BCUT2D eigenvalue weighted by Gasteiger charge is -2.25. The number of phenolic OH excluding ortho intramolecular Hbond substituents is 1. The van der Waals surface area contributed by atoms with Crippen LogP contribution in [0.1, 0.15) is 24.0 Å². The third-order valence-corrected chi connectivity index (χ3v) is 5.43. The number of carbonyl (C=O) groups is 1. The van der Waals surface area contributed by atoms with Crippen molar-refractivity contribution in [3.05, 3.63) is 47.5 Å². The summed E-state index contributed by atoms with van der Waals surface area (Å²) in [6, 6.07) is 9.92. The largest absolute Gasteiger partial charge is 0.507 e. The van der Waals surface area contributed by atoms with Crippen LogP contribution in [0.5, 0.6) is 17.2 Å². The minimum absolute atomic E-state index is 0.0341. The maximum Gasteiger partial charge on any atom is 0.268 e. The number of fused-ring (bicyclic) bond motifs is 2. The SMILES string of the molecule is O=C1N(CC2CCCO2)c2ccccc2C1(O)c1cc2c(cc1O)OCO2. The first kappa shape index (κ1) is 16.4. The highest BCUT2D eigenvalue weighted by Crippen LogP contribution is 2.50. The first-order valence-electron chi connectivity index (χ1n) is 8.97. The van der Waals surface area contributed by atoms with Gasteiger partial charge in [0, 0.05) is 23.8 Å². The van der Waals surface area contributed by atoms with Gasteiger partial charge in [-0.2, -0.15) is 0 Å². The molecule has 1 saturated heterocycles. The van der Waals surface area contributed by atoms with Crippen molar-refractivity contribution in [1.29, 1.82) is 0 Å². The van der Waals surface area contributed by atoms with Crippen molar-refractivity contribution in [2.75, 3.05) is 24.8 Å². The lowest BCUT2D eigenvalue weighted by Crippen LogP contribution is -2.44. The van der Waals surface area contributed by atoms with Gasteiger partial charge in [0.1, 0.15) is 5.75 Å². The second-order valence-corrected chi connectivity index (χ2v) is 7.00. The second kappa shape index (κ2) is 5.87. The van der Waals surface area contributed by atoms with Crippen LogP contribution in [0.3, 0.4) is 0 Å². The van der Waals surface area contributed by atoms with Gasteiger partial charge in [0.2, 0.25) is 12.4 Å². The van der Waals surface area contributed by atoms with Crippen molar-refractivity contribution in [1.82, 2.24) is 0 Å². The monoisotopic (exact) mass is 369 g/mol. The molecule has 2 aromatic carbocycles. The lowest BCUT2D eigenvalue weighted by molar-refractivity contribution is -0.132. The van der Waals surface area contributed by atoms with Gasteiger partial charge < -0.3 is 29.3 Å². The fourth-order valence-electron chi connectivity index (χ4n) is 4.09. The molecule has 3 heterocycles. The van der Waals surface area contributed by atoms with E-state index in [2.05, 4.69) is 0 Å². The van der Waals surface area contributed by atoms with E-state index in [9.17, 15) is 15.0 Å². The number of ether oxygens (including phenoxy) is 3. The summed E-state index contributed by atoms with van der Waals surface area (Å²) in [4.78, 5) is 14.9. The molecule has 0 aliphatic carbocycles. The third kappa shape index (κ3) is 2.32. The van der Waals surface area contributed by atoms with Crippen LogP contribution in [0, 0.1) is 0 Å². The maximum atomic E-state index is 13.4. The molecule has 0 aromatic heterocycles. The highest BCUT2D eigenvalue weighted by molar-refractivity contribution is 6.09. The van der Waals surface area contributed by atoms with E-state index in [0.717, 1.165) is 12.8 Å². The van der Waals surface area contributed by atoms with Gasteiger partial charge >= 0.3 is 0 Å². The van der Waals surface area contributed by atoms with Crippen LogP contribution in [0.4, 0.5) is 5.69 Å². The van der Waals surface area contributed by atoms with E-state index in [-0.39, 0.29) is 24.2 Å². The number of anilines is 1. The maximum absolute atomic E-state index is 13.4. The lowest BCUT2D eigenvalue weighted by atomic mass is 9.86. The number of hydrogen-bond donors (Lipinski definition) is 2. The number of amides is 1. The summed E-state index contributed by atoms with van der Waals surface area (Å²) in [5.41, 5.74) is -0.862. The Morgan fingerprint density at radius 3 is 2.70 bits per heavy atom. The van der Waals surface area contributed by atoms with Crippen LogP contribution in [0.2, 0.25) is 0 Å². The zero-order valence-electron chi connectivity index (χ0n) is 14.6. The first-order chi connectivity index (χ1) is 13.1. The van der Waals surface area contributed by atoms with E-state index in [1.165, 1.54) is 12.1 Å². The number of benzene rings is 2. The second-order valence-electron chi connectivity index (χ2n) is 7.00. The number of aromatic hydroxyl groups is 1. The van der Waals surface area contributed by atoms with Crippen molar-refractivity contribution >= 4 is 11.6 Å². The molecule has 1 fully saturated rings. The van der Waals surface area contributed by atoms with Gasteiger partial charge in [-0.1, -0.05) is 18.2 Å². The van der Waals surface area contributed by atoms with E-state index < -0.39 is 11.5 Å². The quantitative estimate of drug-likeness (QED) is 0.859. The number of carbonyl (C=O) groups excluding carboxylic acids is 1. The summed E-state index contributed by atoms with van der Waals surface area (Å²) in [5, 5.41) is 22.1. The molecule has 2 unspecified atom stereocenters. The Labute approximate surface area is 155 Å². The molecule has 0 bridgehead atoms. The molecule has 5 rings (SSSR count). The van der Waals surface area contributed by atoms with E-state index in [0.29, 0.717) is 35.9 Å². The Morgan fingerprint density at radius 2 is 1.93 bits per heavy atom. The van der Waals surface area contributed by atoms with Gasteiger partial charge in [-0.15, -0.1) is 0 Å². The van der Waals surface area contributed by atoms with Crippen molar-refractivity contribution < 1.29 is 29.2 Å². The average Bonchev–Trinajstić information content (AvgIpc) is 3.39. The molecule has 0 saturated carbocycles. The zero-order valence-corrected chi connectivity index (χ0v) is 14.6. The number of rotatable bonds is 3. The van der Waals surface area contributed by atoms with Crippen molar-refractivity contribution in [2.24, 2.45) is 0 Å². The molecule has 1 amide bonds. The molecule has 7 nitrogen and oxygen atoms in total. The number of aliphatic hydroxyl groups is 1. The van der Waals surface area contributed by atoms with Crippen LogP contribution in [0.15, 0.2) is 36.4 Å². The van der Waals surface area contributed by atoms with Gasteiger partial charge in [0.05, 0.1) is 18.3 Å². The molecule has 3 aliphatic rings. The van der Waals surface area contributed by atoms with Crippen molar-refractivity contribution in [3.8, 4) is 17.2 Å². The fraction of sp³-hybridized carbons (Fsp3) is 0.350. The smallest absolute Gasteiger partial charge is 0.268 e. The van der Waals surface area contributed by atoms with Crippen molar-refractivity contribution in [3.63, 3.8) is 0 Å². The Kier molecular flexibility index (Phi) is 3.57. The van der Waals surface area contributed by atoms with Crippen LogP contribution >= 0.6 is 0 Å². The number of para-hydroxylation sites is 1. The highest BCUT2D eigenvalue weighted by atomic mass is 16.7. The number of nitrogens with zero attached hydrogens (tertiary/aromatic N) is 1. The Bertz CT molecular complexity index is 923. The molecule has 2 atom stereocenters. The predicted molar refractivity (Wildman–Crippen MR) is 95.0 cm³/mol. The van der Waals surface area contributed by atoms with Gasteiger partial charge in [0.15, 0.2) is 11.5 Å². The molecular formula is C20H19NO6. The highest BCUT2D eigenvalue weighted by Gasteiger charge is 2.53. The molecule has 0 radical (unpaired) electrons.